The number of hydrogen-bond donors (Lipinski definition) is 0. The van der Waals surface area contributed by atoms with E-state index in [0.717, 1.165) is 30.0 Å². The van der Waals surface area contributed by atoms with Crippen molar-refractivity contribution in [3.05, 3.63) is 27.7 Å². The summed E-state index contributed by atoms with van der Waals surface area (Å²) in [7, 11) is 0. The summed E-state index contributed by atoms with van der Waals surface area (Å²) in [6.45, 7) is 5.51. The van der Waals surface area contributed by atoms with Crippen molar-refractivity contribution in [3.8, 4) is 5.75 Å². The van der Waals surface area contributed by atoms with Gasteiger partial charge in [0, 0.05) is 10.9 Å². The van der Waals surface area contributed by atoms with Crippen LogP contribution in [-0.4, -0.2) is 12.3 Å². The molecular formula is C17H21BrO3. The lowest BCUT2D eigenvalue weighted by Gasteiger charge is -2.26. The number of carbonyl (C=O) groups is 2. The zero-order valence-corrected chi connectivity index (χ0v) is 14.3. The molecule has 2 rings (SSSR count). The third-order valence-electron chi connectivity index (χ3n) is 3.80. The zero-order chi connectivity index (χ0) is 15.6. The molecule has 1 aromatic rings. The van der Waals surface area contributed by atoms with Crippen LogP contribution in [0.5, 0.6) is 5.75 Å². The van der Waals surface area contributed by atoms with Gasteiger partial charge in [-0.15, -0.1) is 0 Å². The van der Waals surface area contributed by atoms with Crippen molar-refractivity contribution in [2.24, 2.45) is 5.41 Å². The molecule has 0 radical (unpaired) electrons. The molecule has 1 aromatic carbocycles. The van der Waals surface area contributed by atoms with Gasteiger partial charge in [-0.1, -0.05) is 15.9 Å². The number of carbonyl (C=O) groups excluding carboxylic acids is 2. The molecule has 0 spiro atoms. The fourth-order valence-electron chi connectivity index (χ4n) is 2.67. The summed E-state index contributed by atoms with van der Waals surface area (Å²) in [6, 6.07) is 3.78. The minimum atomic E-state index is -0.525. The number of rotatable bonds is 3. The molecule has 0 fully saturated rings. The first-order valence-electron chi connectivity index (χ1n) is 7.31. The number of fused-ring (bicyclic) bond motifs is 1. The van der Waals surface area contributed by atoms with Gasteiger partial charge in [-0.05, 0) is 69.2 Å². The Kier molecular flexibility index (Phi) is 4.87. The summed E-state index contributed by atoms with van der Waals surface area (Å²) < 4.78 is 6.42. The Bertz CT molecular complexity index is 558. The molecule has 1 aliphatic rings. The zero-order valence-electron chi connectivity index (χ0n) is 12.7. The highest BCUT2D eigenvalue weighted by Gasteiger charge is 2.26. The normalized spacial score (nSPS) is 18.0. The third kappa shape index (κ3) is 3.73. The van der Waals surface area contributed by atoms with Crippen molar-refractivity contribution < 1.29 is 14.3 Å². The lowest BCUT2D eigenvalue weighted by molar-refractivity contribution is -0.143. The van der Waals surface area contributed by atoms with Gasteiger partial charge in [0.05, 0.1) is 5.41 Å². The number of hydrogen-bond acceptors (Lipinski definition) is 3. The van der Waals surface area contributed by atoms with Gasteiger partial charge in [0.2, 0.25) is 0 Å². The maximum atomic E-state index is 12.0. The van der Waals surface area contributed by atoms with E-state index in [-0.39, 0.29) is 11.9 Å². The molecule has 1 atom stereocenters. The molecule has 3 nitrogen and oxygen atoms in total. The Labute approximate surface area is 134 Å². The second kappa shape index (κ2) is 6.30. The molecule has 0 saturated heterocycles. The third-order valence-corrected chi connectivity index (χ3v) is 4.46. The van der Waals surface area contributed by atoms with Gasteiger partial charge in [0.1, 0.15) is 12.0 Å². The van der Waals surface area contributed by atoms with E-state index in [1.165, 1.54) is 11.1 Å². The molecule has 0 saturated carbocycles. The number of benzene rings is 1. The fourth-order valence-corrected chi connectivity index (χ4v) is 3.47. The molecule has 0 N–H and O–H groups in total. The molecule has 114 valence electrons. The monoisotopic (exact) mass is 352 g/mol. The molecule has 0 aromatic heterocycles. The maximum absolute atomic E-state index is 12.0. The van der Waals surface area contributed by atoms with Crippen molar-refractivity contribution >= 4 is 28.2 Å². The van der Waals surface area contributed by atoms with Gasteiger partial charge in [-0.3, -0.25) is 4.79 Å². The molecule has 0 heterocycles. The predicted molar refractivity (Wildman–Crippen MR) is 85.6 cm³/mol. The second-order valence-electron chi connectivity index (χ2n) is 6.61. The van der Waals surface area contributed by atoms with E-state index in [4.69, 9.17) is 4.74 Å². The van der Waals surface area contributed by atoms with Gasteiger partial charge < -0.3 is 9.53 Å². The van der Waals surface area contributed by atoms with Crippen molar-refractivity contribution in [2.45, 2.75) is 52.4 Å². The quantitative estimate of drug-likeness (QED) is 0.459. The van der Waals surface area contributed by atoms with Crippen LogP contribution in [0.3, 0.4) is 0 Å². The first kappa shape index (κ1) is 16.2. The lowest BCUT2D eigenvalue weighted by atomic mass is 9.81. The van der Waals surface area contributed by atoms with Gasteiger partial charge in [-0.25, -0.2) is 0 Å². The highest BCUT2D eigenvalue weighted by atomic mass is 79.9. The van der Waals surface area contributed by atoms with E-state index in [1.807, 2.05) is 32.9 Å². The van der Waals surface area contributed by atoms with Crippen molar-refractivity contribution in [3.63, 3.8) is 0 Å². The summed E-state index contributed by atoms with van der Waals surface area (Å²) in [6.07, 6.45) is 4.59. The molecule has 0 aliphatic heterocycles. The average molecular weight is 353 g/mol. The second-order valence-corrected chi connectivity index (χ2v) is 7.46. The summed E-state index contributed by atoms with van der Waals surface area (Å²) in [5.74, 6) is 0.606. The Morgan fingerprint density at radius 1 is 1.43 bits per heavy atom. The van der Waals surface area contributed by atoms with Crippen LogP contribution in [0.2, 0.25) is 0 Å². The molecule has 0 bridgehead atoms. The topological polar surface area (TPSA) is 43.4 Å². The van der Waals surface area contributed by atoms with Crippen LogP contribution in [0.1, 0.15) is 57.1 Å². The van der Waals surface area contributed by atoms with Crippen molar-refractivity contribution in [1.29, 1.82) is 0 Å². The van der Waals surface area contributed by atoms with Crippen molar-refractivity contribution in [2.75, 3.05) is 0 Å². The van der Waals surface area contributed by atoms with Crippen LogP contribution in [0, 0.1) is 5.41 Å². The molecule has 21 heavy (non-hydrogen) atoms. The molecular weight excluding hydrogens is 332 g/mol. The predicted octanol–water partition coefficient (Wildman–Crippen LogP) is 4.41. The Morgan fingerprint density at radius 3 is 2.76 bits per heavy atom. The minimum absolute atomic E-state index is 0.241. The van der Waals surface area contributed by atoms with Crippen molar-refractivity contribution in [1.82, 2.24) is 0 Å². The maximum Gasteiger partial charge on any atom is 0.316 e. The lowest BCUT2D eigenvalue weighted by Crippen LogP contribution is -2.25. The first-order chi connectivity index (χ1) is 9.82. The number of esters is 1. The highest BCUT2D eigenvalue weighted by molar-refractivity contribution is 9.10. The highest BCUT2D eigenvalue weighted by Crippen LogP contribution is 2.40. The van der Waals surface area contributed by atoms with E-state index in [0.29, 0.717) is 12.2 Å². The van der Waals surface area contributed by atoms with E-state index >= 15 is 0 Å². The smallest absolute Gasteiger partial charge is 0.316 e. The standard InChI is InChI=1S/C17H21BrO3/c1-17(2,3)16(20)21-13-9-12-6-4-5-11(7-8-19)15(12)14(18)10-13/h8-11H,4-7H2,1-3H3. The number of aryl methyl sites for hydroxylation is 1. The number of halogens is 1. The Balaban J connectivity index is 2.31. The minimum Gasteiger partial charge on any atom is -0.426 e. The van der Waals surface area contributed by atoms with E-state index in [1.54, 1.807) is 0 Å². The van der Waals surface area contributed by atoms with Crippen LogP contribution in [0.25, 0.3) is 0 Å². The average Bonchev–Trinajstić information content (AvgIpc) is 2.37. The van der Waals surface area contributed by atoms with E-state index < -0.39 is 5.41 Å². The van der Waals surface area contributed by atoms with Gasteiger partial charge in [-0.2, -0.15) is 0 Å². The van der Waals surface area contributed by atoms with Gasteiger partial charge in [0.15, 0.2) is 0 Å². The summed E-state index contributed by atoms with van der Waals surface area (Å²) in [5, 5.41) is 0. The fraction of sp³-hybridized carbons (Fsp3) is 0.529. The molecule has 0 amide bonds. The van der Waals surface area contributed by atoms with E-state index in [9.17, 15) is 9.59 Å². The van der Waals surface area contributed by atoms with E-state index in [2.05, 4.69) is 15.9 Å². The summed E-state index contributed by atoms with van der Waals surface area (Å²) in [5.41, 5.74) is 1.85. The van der Waals surface area contributed by atoms with Crippen LogP contribution >= 0.6 is 15.9 Å². The largest absolute Gasteiger partial charge is 0.426 e. The Morgan fingerprint density at radius 2 is 2.14 bits per heavy atom. The van der Waals surface area contributed by atoms with Gasteiger partial charge >= 0.3 is 5.97 Å². The molecule has 1 aliphatic carbocycles. The van der Waals surface area contributed by atoms with Crippen LogP contribution in [0.15, 0.2) is 16.6 Å². The van der Waals surface area contributed by atoms with Crippen LogP contribution < -0.4 is 4.74 Å². The Hall–Kier alpha value is -1.16. The van der Waals surface area contributed by atoms with Crippen LogP contribution in [0.4, 0.5) is 0 Å². The molecule has 1 unspecified atom stereocenters. The summed E-state index contributed by atoms with van der Waals surface area (Å²) >= 11 is 3.58. The van der Waals surface area contributed by atoms with Gasteiger partial charge in [0.25, 0.3) is 0 Å². The molecule has 4 heteroatoms. The first-order valence-corrected chi connectivity index (χ1v) is 8.10. The van der Waals surface area contributed by atoms with Crippen LogP contribution in [-0.2, 0) is 16.0 Å². The number of aldehydes is 1. The number of ether oxygens (including phenoxy) is 1. The summed E-state index contributed by atoms with van der Waals surface area (Å²) in [4.78, 5) is 22.8. The SMILES string of the molecule is CC(C)(C)C(=O)Oc1cc(Br)c2c(c1)CCCC2CC=O.